The van der Waals surface area contributed by atoms with Gasteiger partial charge in [-0.25, -0.2) is 9.59 Å². The van der Waals surface area contributed by atoms with E-state index in [9.17, 15) is 14.9 Å². The van der Waals surface area contributed by atoms with Gasteiger partial charge in [0, 0.05) is 17.3 Å². The van der Waals surface area contributed by atoms with Crippen LogP contribution >= 0.6 is 0 Å². The number of pyridine rings is 1. The summed E-state index contributed by atoms with van der Waals surface area (Å²) >= 11 is 0. The van der Waals surface area contributed by atoms with Crippen LogP contribution in [0.1, 0.15) is 71.2 Å². The molecule has 0 unspecified atom stereocenters. The molecule has 0 atom stereocenters. The number of carbonyl (C=O) groups is 2. The highest BCUT2D eigenvalue weighted by atomic mass is 16.6. The number of hydrogen-bond donors (Lipinski definition) is 1. The molecule has 3 rings (SSSR count). The molecule has 2 aromatic rings. The van der Waals surface area contributed by atoms with Crippen molar-refractivity contribution in [3.8, 4) is 6.07 Å². The number of amides is 2. The number of nitrogens with zero attached hydrogens (tertiary/aromatic N) is 3. The number of aryl methyl sites for hydroxylation is 2. The Bertz CT molecular complexity index is 1010. The molecule has 2 heterocycles. The first-order valence-corrected chi connectivity index (χ1v) is 10.1. The minimum absolute atomic E-state index is 0.0387. The summed E-state index contributed by atoms with van der Waals surface area (Å²) in [5.74, 6) is 0.0387. The summed E-state index contributed by atoms with van der Waals surface area (Å²) in [6, 6.07) is 2.11. The van der Waals surface area contributed by atoms with Gasteiger partial charge in [0.25, 0.3) is 0 Å². The number of ether oxygens (including phenoxy) is 2. The second-order valence-electron chi connectivity index (χ2n) is 9.44. The van der Waals surface area contributed by atoms with Crippen molar-refractivity contribution in [2.75, 3.05) is 4.90 Å². The normalized spacial score (nSPS) is 14.0. The molecule has 8 heteroatoms. The van der Waals surface area contributed by atoms with E-state index in [0.717, 1.165) is 47.4 Å². The van der Waals surface area contributed by atoms with E-state index in [1.165, 1.54) is 0 Å². The van der Waals surface area contributed by atoms with Crippen molar-refractivity contribution in [3.05, 3.63) is 23.0 Å². The number of imide groups is 1. The first-order chi connectivity index (χ1) is 13.9. The number of nitriles is 1. The maximum absolute atomic E-state index is 13.0. The molecule has 0 fully saturated rings. The molecule has 0 saturated heterocycles. The third-order valence-electron chi connectivity index (χ3n) is 4.60. The molecule has 2 amide bonds. The van der Waals surface area contributed by atoms with Crippen LogP contribution in [0.2, 0.25) is 0 Å². The average Bonchev–Trinajstić information content (AvgIpc) is 2.97. The summed E-state index contributed by atoms with van der Waals surface area (Å²) in [6.07, 6.45) is 3.56. The molecule has 1 N–H and O–H groups in total. The highest BCUT2D eigenvalue weighted by Gasteiger charge is 2.36. The number of H-pyrrole nitrogens is 1. The number of aromatic nitrogens is 2. The van der Waals surface area contributed by atoms with Crippen molar-refractivity contribution in [1.82, 2.24) is 9.97 Å². The lowest BCUT2D eigenvalue weighted by Crippen LogP contribution is -2.44. The molecule has 0 aliphatic heterocycles. The predicted octanol–water partition coefficient (Wildman–Crippen LogP) is 4.99. The smallest absolute Gasteiger partial charge is 0.425 e. The SMILES string of the molecule is CC(C)(C)OC(=O)N(C(=O)OC(C)(C)C)c1[nH]c2c3c(ncc2c1C#N)CCCC3. The fourth-order valence-corrected chi connectivity index (χ4v) is 3.46. The van der Waals surface area contributed by atoms with Crippen LogP contribution in [0.5, 0.6) is 0 Å². The zero-order valence-corrected chi connectivity index (χ0v) is 18.4. The van der Waals surface area contributed by atoms with Gasteiger partial charge in [0.15, 0.2) is 0 Å². The molecule has 0 radical (unpaired) electrons. The van der Waals surface area contributed by atoms with Crippen molar-refractivity contribution in [2.24, 2.45) is 0 Å². The molecule has 1 aliphatic rings. The number of aromatic amines is 1. The van der Waals surface area contributed by atoms with Gasteiger partial charge in [-0.3, -0.25) is 4.98 Å². The van der Waals surface area contributed by atoms with Gasteiger partial charge < -0.3 is 14.5 Å². The van der Waals surface area contributed by atoms with E-state index < -0.39 is 23.4 Å². The van der Waals surface area contributed by atoms with E-state index in [4.69, 9.17) is 9.47 Å². The summed E-state index contributed by atoms with van der Waals surface area (Å²) in [4.78, 5) is 34.4. The number of fused-ring (bicyclic) bond motifs is 3. The van der Waals surface area contributed by atoms with E-state index in [-0.39, 0.29) is 11.4 Å². The highest BCUT2D eigenvalue weighted by molar-refractivity contribution is 6.12. The van der Waals surface area contributed by atoms with E-state index in [1.807, 2.05) is 0 Å². The fourth-order valence-electron chi connectivity index (χ4n) is 3.46. The van der Waals surface area contributed by atoms with Gasteiger partial charge in [-0.05, 0) is 72.8 Å². The van der Waals surface area contributed by atoms with Gasteiger partial charge in [-0.1, -0.05) is 0 Å². The lowest BCUT2D eigenvalue weighted by molar-refractivity contribution is 0.0429. The number of hydrogen-bond acceptors (Lipinski definition) is 6. The van der Waals surface area contributed by atoms with Gasteiger partial charge in [-0.15, -0.1) is 0 Å². The first-order valence-electron chi connectivity index (χ1n) is 10.1. The molecule has 30 heavy (non-hydrogen) atoms. The van der Waals surface area contributed by atoms with Gasteiger partial charge in [-0.2, -0.15) is 10.2 Å². The second-order valence-corrected chi connectivity index (χ2v) is 9.44. The van der Waals surface area contributed by atoms with Crippen molar-refractivity contribution in [1.29, 1.82) is 5.26 Å². The van der Waals surface area contributed by atoms with Gasteiger partial charge in [0.1, 0.15) is 28.7 Å². The van der Waals surface area contributed by atoms with Crippen molar-refractivity contribution >= 4 is 28.9 Å². The predicted molar refractivity (Wildman–Crippen MR) is 112 cm³/mol. The van der Waals surface area contributed by atoms with Gasteiger partial charge in [0.2, 0.25) is 0 Å². The minimum Gasteiger partial charge on any atom is -0.443 e. The highest BCUT2D eigenvalue weighted by Crippen LogP contribution is 2.35. The maximum atomic E-state index is 13.0. The van der Waals surface area contributed by atoms with Crippen LogP contribution in [0.3, 0.4) is 0 Å². The Morgan fingerprint density at radius 2 is 1.63 bits per heavy atom. The van der Waals surface area contributed by atoms with Crippen LogP contribution in [0.25, 0.3) is 10.9 Å². The van der Waals surface area contributed by atoms with Crippen molar-refractivity contribution < 1.29 is 19.1 Å². The minimum atomic E-state index is -0.915. The number of carbonyl (C=O) groups excluding carboxylic acids is 2. The summed E-state index contributed by atoms with van der Waals surface area (Å²) in [7, 11) is 0. The Kier molecular flexibility index (Phi) is 5.50. The molecular weight excluding hydrogens is 384 g/mol. The van der Waals surface area contributed by atoms with Crippen LogP contribution in [-0.2, 0) is 22.3 Å². The maximum Gasteiger partial charge on any atom is 0.425 e. The Hall–Kier alpha value is -3.08. The molecule has 0 aromatic carbocycles. The zero-order chi connectivity index (χ0) is 22.3. The number of rotatable bonds is 1. The Morgan fingerprint density at radius 1 is 1.07 bits per heavy atom. The summed E-state index contributed by atoms with van der Waals surface area (Å²) < 4.78 is 10.9. The van der Waals surface area contributed by atoms with E-state index in [1.54, 1.807) is 47.7 Å². The van der Waals surface area contributed by atoms with Crippen molar-refractivity contribution in [2.45, 2.75) is 78.4 Å². The lowest BCUT2D eigenvalue weighted by Gasteiger charge is -2.28. The van der Waals surface area contributed by atoms with Crippen molar-refractivity contribution in [3.63, 3.8) is 0 Å². The Morgan fingerprint density at radius 3 is 2.17 bits per heavy atom. The van der Waals surface area contributed by atoms with Crippen LogP contribution < -0.4 is 4.90 Å². The first kappa shape index (κ1) is 21.6. The average molecular weight is 412 g/mol. The largest absolute Gasteiger partial charge is 0.443 e. The summed E-state index contributed by atoms with van der Waals surface area (Å²) in [5, 5.41) is 10.4. The summed E-state index contributed by atoms with van der Waals surface area (Å²) in [5.41, 5.74) is 1.21. The monoisotopic (exact) mass is 412 g/mol. The van der Waals surface area contributed by atoms with Crippen LogP contribution in [0.15, 0.2) is 6.20 Å². The quantitative estimate of drug-likeness (QED) is 0.707. The molecular formula is C22H28N4O4. The molecule has 1 aliphatic carbocycles. The van der Waals surface area contributed by atoms with E-state index >= 15 is 0 Å². The van der Waals surface area contributed by atoms with E-state index in [0.29, 0.717) is 5.39 Å². The molecule has 0 bridgehead atoms. The third-order valence-corrected chi connectivity index (χ3v) is 4.60. The topological polar surface area (TPSA) is 108 Å². The van der Waals surface area contributed by atoms with Gasteiger partial charge >= 0.3 is 12.2 Å². The molecule has 0 saturated carbocycles. The van der Waals surface area contributed by atoms with Crippen LogP contribution in [0, 0.1) is 11.3 Å². The molecule has 2 aromatic heterocycles. The van der Waals surface area contributed by atoms with Crippen LogP contribution in [0.4, 0.5) is 15.4 Å². The van der Waals surface area contributed by atoms with Crippen LogP contribution in [-0.4, -0.2) is 33.4 Å². The van der Waals surface area contributed by atoms with Gasteiger partial charge in [0.05, 0.1) is 5.52 Å². The third kappa shape index (κ3) is 4.40. The molecule has 8 nitrogen and oxygen atoms in total. The fraction of sp³-hybridized carbons (Fsp3) is 0.545. The number of anilines is 1. The van der Waals surface area contributed by atoms with E-state index in [2.05, 4.69) is 16.0 Å². The Balaban J connectivity index is 2.18. The Labute approximate surface area is 176 Å². The second kappa shape index (κ2) is 7.63. The lowest BCUT2D eigenvalue weighted by atomic mass is 9.94. The molecule has 0 spiro atoms. The standard InChI is InChI=1S/C22H28N4O4/c1-21(2,3)29-19(27)26(20(28)30-22(4,5)6)18-14(11-23)15-12-24-16-10-8-7-9-13(16)17(15)25-18/h12,25H,7-10H2,1-6H3. The molecule has 160 valence electrons. The zero-order valence-electron chi connectivity index (χ0n) is 18.4. The number of nitrogens with one attached hydrogen (secondary N) is 1. The summed E-state index contributed by atoms with van der Waals surface area (Å²) in [6.45, 7) is 10.2.